The summed E-state index contributed by atoms with van der Waals surface area (Å²) in [6.45, 7) is 1.14. The molecule has 0 amide bonds. The lowest BCUT2D eigenvalue weighted by Gasteiger charge is -2.13. The maximum Gasteiger partial charge on any atom is 0.190 e. The van der Waals surface area contributed by atoms with Crippen molar-refractivity contribution in [2.24, 2.45) is 0 Å². The average molecular weight is 242 g/mol. The van der Waals surface area contributed by atoms with Crippen LogP contribution in [0.3, 0.4) is 0 Å². The van der Waals surface area contributed by atoms with Crippen LogP contribution in [0.25, 0.3) is 0 Å². The van der Waals surface area contributed by atoms with Crippen LogP contribution in [0.4, 0.5) is 0 Å². The molecule has 4 nitrogen and oxygen atoms in total. The van der Waals surface area contributed by atoms with Crippen LogP contribution in [0.2, 0.25) is 0 Å². The Balaban J connectivity index is 3.14. The Morgan fingerprint density at radius 2 is 1.88 bits per heavy atom. The monoisotopic (exact) mass is 242 g/mol. The van der Waals surface area contributed by atoms with Crippen molar-refractivity contribution in [2.45, 2.75) is 17.1 Å². The Hall–Kier alpha value is -1.20. The zero-order valence-electron chi connectivity index (χ0n) is 9.21. The summed E-state index contributed by atoms with van der Waals surface area (Å²) in [6.07, 6.45) is 0. The number of hydrogen-bond donors (Lipinski definition) is 0. The highest BCUT2D eigenvalue weighted by Crippen LogP contribution is 2.16. The van der Waals surface area contributed by atoms with Crippen LogP contribution in [0.5, 0.6) is 0 Å². The van der Waals surface area contributed by atoms with E-state index in [4.69, 9.17) is 4.74 Å². The fourth-order valence-electron chi connectivity index (χ4n) is 1.35. The van der Waals surface area contributed by atoms with Crippen LogP contribution in [-0.2, 0) is 19.4 Å². The second-order valence-corrected chi connectivity index (χ2v) is 5.54. The Labute approximate surface area is 95.2 Å². The molecule has 0 saturated carbocycles. The van der Waals surface area contributed by atoms with Gasteiger partial charge in [0.15, 0.2) is 15.6 Å². The van der Waals surface area contributed by atoms with Crippen LogP contribution in [0.1, 0.15) is 6.92 Å². The molecule has 1 atom stereocenters. The SMILES string of the molecule is COCC(C(C)=O)S(=O)(=O)c1ccccc1. The third-order valence-electron chi connectivity index (χ3n) is 2.22. The zero-order valence-corrected chi connectivity index (χ0v) is 10.0. The van der Waals surface area contributed by atoms with Crippen molar-refractivity contribution in [3.05, 3.63) is 30.3 Å². The van der Waals surface area contributed by atoms with Crippen molar-refractivity contribution in [3.8, 4) is 0 Å². The molecule has 88 valence electrons. The first kappa shape index (κ1) is 12.9. The number of sulfone groups is 1. The molecule has 5 heteroatoms. The predicted molar refractivity (Wildman–Crippen MR) is 60.0 cm³/mol. The second-order valence-electron chi connectivity index (χ2n) is 3.41. The van der Waals surface area contributed by atoms with Gasteiger partial charge in [0.1, 0.15) is 5.25 Å². The molecule has 0 bridgehead atoms. The van der Waals surface area contributed by atoms with E-state index in [-0.39, 0.29) is 11.5 Å². The predicted octanol–water partition coefficient (Wildman–Crippen LogP) is 1.06. The van der Waals surface area contributed by atoms with E-state index in [1.54, 1.807) is 18.2 Å². The van der Waals surface area contributed by atoms with Gasteiger partial charge in [-0.1, -0.05) is 18.2 Å². The Morgan fingerprint density at radius 3 is 2.31 bits per heavy atom. The van der Waals surface area contributed by atoms with Gasteiger partial charge in [-0.05, 0) is 19.1 Å². The number of ether oxygens (including phenoxy) is 1. The molecule has 1 aromatic carbocycles. The van der Waals surface area contributed by atoms with E-state index in [1.165, 1.54) is 26.2 Å². The summed E-state index contributed by atoms with van der Waals surface area (Å²) in [6, 6.07) is 7.91. The lowest BCUT2D eigenvalue weighted by atomic mass is 10.3. The molecule has 0 aliphatic carbocycles. The van der Waals surface area contributed by atoms with Gasteiger partial charge in [0, 0.05) is 7.11 Å². The number of rotatable bonds is 5. The first-order valence-corrected chi connectivity index (χ1v) is 6.33. The fourth-order valence-corrected chi connectivity index (χ4v) is 2.97. The maximum atomic E-state index is 12.1. The quantitative estimate of drug-likeness (QED) is 0.774. The molecule has 0 N–H and O–H groups in total. The molecule has 0 radical (unpaired) electrons. The Bertz CT molecular complexity index is 450. The molecular weight excluding hydrogens is 228 g/mol. The fraction of sp³-hybridized carbons (Fsp3) is 0.364. The molecule has 1 rings (SSSR count). The Kier molecular flexibility index (Phi) is 4.20. The van der Waals surface area contributed by atoms with Crippen LogP contribution in [-0.4, -0.2) is 33.2 Å². The standard InChI is InChI=1S/C11H14O4S/c1-9(12)11(8-15-2)16(13,14)10-6-4-3-5-7-10/h3-7,11H,8H2,1-2H3. The highest BCUT2D eigenvalue weighted by molar-refractivity contribution is 7.92. The third-order valence-corrected chi connectivity index (χ3v) is 4.36. The minimum Gasteiger partial charge on any atom is -0.383 e. The number of ketones is 1. The summed E-state index contributed by atoms with van der Waals surface area (Å²) < 4.78 is 28.9. The first-order chi connectivity index (χ1) is 7.50. The number of carbonyl (C=O) groups excluding carboxylic acids is 1. The van der Waals surface area contributed by atoms with Gasteiger partial charge in [-0.15, -0.1) is 0 Å². The minimum absolute atomic E-state index is 0.118. The number of methoxy groups -OCH3 is 1. The van der Waals surface area contributed by atoms with Crippen molar-refractivity contribution in [1.29, 1.82) is 0 Å². The maximum absolute atomic E-state index is 12.1. The van der Waals surface area contributed by atoms with E-state index < -0.39 is 20.9 Å². The second kappa shape index (κ2) is 5.23. The van der Waals surface area contributed by atoms with Gasteiger partial charge in [-0.25, -0.2) is 8.42 Å². The van der Waals surface area contributed by atoms with E-state index in [2.05, 4.69) is 0 Å². The highest BCUT2D eigenvalue weighted by Gasteiger charge is 2.31. The topological polar surface area (TPSA) is 60.4 Å². The molecule has 0 heterocycles. The van der Waals surface area contributed by atoms with Crippen molar-refractivity contribution >= 4 is 15.6 Å². The summed E-state index contributed by atoms with van der Waals surface area (Å²) in [7, 11) is -2.27. The van der Waals surface area contributed by atoms with E-state index in [9.17, 15) is 13.2 Å². The number of benzene rings is 1. The molecule has 0 aliphatic heterocycles. The molecule has 0 aromatic heterocycles. The summed E-state index contributed by atoms with van der Waals surface area (Å²) in [5.41, 5.74) is 0. The zero-order chi connectivity index (χ0) is 12.2. The third kappa shape index (κ3) is 2.68. The van der Waals surface area contributed by atoms with Crippen molar-refractivity contribution < 1.29 is 17.9 Å². The molecule has 0 fully saturated rings. The van der Waals surface area contributed by atoms with Crippen LogP contribution in [0.15, 0.2) is 35.2 Å². The van der Waals surface area contributed by atoms with Crippen molar-refractivity contribution in [3.63, 3.8) is 0 Å². The van der Waals surface area contributed by atoms with Crippen molar-refractivity contribution in [1.82, 2.24) is 0 Å². The summed E-state index contributed by atoms with van der Waals surface area (Å²) in [4.78, 5) is 11.4. The van der Waals surface area contributed by atoms with Crippen molar-refractivity contribution in [2.75, 3.05) is 13.7 Å². The number of hydrogen-bond acceptors (Lipinski definition) is 4. The summed E-state index contributed by atoms with van der Waals surface area (Å²) in [5.74, 6) is -0.411. The normalized spacial score (nSPS) is 13.4. The van der Waals surface area contributed by atoms with E-state index in [1.807, 2.05) is 0 Å². The van der Waals surface area contributed by atoms with Gasteiger partial charge in [-0.3, -0.25) is 4.79 Å². The molecule has 0 saturated heterocycles. The Morgan fingerprint density at radius 1 is 1.31 bits per heavy atom. The molecule has 1 aromatic rings. The van der Waals surface area contributed by atoms with E-state index in [0.29, 0.717) is 0 Å². The van der Waals surface area contributed by atoms with Gasteiger partial charge in [0.05, 0.1) is 11.5 Å². The minimum atomic E-state index is -3.64. The number of carbonyl (C=O) groups is 1. The highest BCUT2D eigenvalue weighted by atomic mass is 32.2. The van der Waals surface area contributed by atoms with E-state index in [0.717, 1.165) is 0 Å². The van der Waals surface area contributed by atoms with Gasteiger partial charge >= 0.3 is 0 Å². The largest absolute Gasteiger partial charge is 0.383 e. The van der Waals surface area contributed by atoms with Gasteiger partial charge < -0.3 is 4.74 Å². The lowest BCUT2D eigenvalue weighted by molar-refractivity contribution is -0.117. The van der Waals surface area contributed by atoms with Gasteiger partial charge in [0.25, 0.3) is 0 Å². The smallest absolute Gasteiger partial charge is 0.190 e. The van der Waals surface area contributed by atoms with Gasteiger partial charge in [-0.2, -0.15) is 0 Å². The van der Waals surface area contributed by atoms with E-state index >= 15 is 0 Å². The molecule has 1 unspecified atom stereocenters. The average Bonchev–Trinajstić information content (AvgIpc) is 2.26. The van der Waals surface area contributed by atoms with Crippen LogP contribution in [0, 0.1) is 0 Å². The van der Waals surface area contributed by atoms with Gasteiger partial charge in [0.2, 0.25) is 0 Å². The van der Waals surface area contributed by atoms with Crippen LogP contribution < -0.4 is 0 Å². The lowest BCUT2D eigenvalue weighted by Crippen LogP contribution is -2.32. The molecular formula is C11H14O4S. The van der Waals surface area contributed by atoms with Crippen LogP contribution >= 0.6 is 0 Å². The molecule has 0 aliphatic rings. The number of Topliss-reactive ketones (excluding diaryl/α,β-unsaturated/α-hetero) is 1. The molecule has 16 heavy (non-hydrogen) atoms. The first-order valence-electron chi connectivity index (χ1n) is 4.78. The molecule has 0 spiro atoms. The summed E-state index contributed by atoms with van der Waals surface area (Å²) in [5, 5.41) is -1.13. The summed E-state index contributed by atoms with van der Waals surface area (Å²) >= 11 is 0.